The number of rotatable bonds is 3. The molecule has 2 aliphatic rings. The molecule has 2 aliphatic heterocycles. The fourth-order valence-electron chi connectivity index (χ4n) is 3.58. The van der Waals surface area contributed by atoms with Crippen LogP contribution < -0.4 is 10.2 Å². The highest BCUT2D eigenvalue weighted by atomic mass is 19.1. The predicted octanol–water partition coefficient (Wildman–Crippen LogP) is 1.68. The summed E-state index contributed by atoms with van der Waals surface area (Å²) in [6.07, 6.45) is 4.23. The van der Waals surface area contributed by atoms with Gasteiger partial charge in [-0.2, -0.15) is 0 Å². The van der Waals surface area contributed by atoms with Gasteiger partial charge >= 0.3 is 0 Å². The molecule has 1 aromatic heterocycles. The Morgan fingerprint density at radius 2 is 1.96 bits per heavy atom. The first-order chi connectivity index (χ1) is 12.6. The van der Waals surface area contributed by atoms with Gasteiger partial charge in [0.1, 0.15) is 11.6 Å². The second kappa shape index (κ2) is 6.86. The van der Waals surface area contributed by atoms with Crippen molar-refractivity contribution in [1.82, 2.24) is 20.1 Å². The van der Waals surface area contributed by atoms with Crippen molar-refractivity contribution in [3.63, 3.8) is 0 Å². The molecule has 0 aliphatic carbocycles. The molecule has 0 bridgehead atoms. The Kier molecular flexibility index (Phi) is 4.40. The van der Waals surface area contributed by atoms with E-state index in [9.17, 15) is 14.0 Å². The second-order valence-electron chi connectivity index (χ2n) is 6.76. The lowest BCUT2D eigenvalue weighted by molar-refractivity contribution is -0.117. The third-order valence-corrected chi connectivity index (χ3v) is 4.91. The van der Waals surface area contributed by atoms with Crippen LogP contribution in [0.15, 0.2) is 24.3 Å². The summed E-state index contributed by atoms with van der Waals surface area (Å²) in [6.45, 7) is 1.10. The van der Waals surface area contributed by atoms with Crippen LogP contribution >= 0.6 is 0 Å². The first-order valence-electron chi connectivity index (χ1n) is 8.90. The average molecular weight is 357 g/mol. The van der Waals surface area contributed by atoms with Gasteiger partial charge in [-0.1, -0.05) is 6.42 Å². The van der Waals surface area contributed by atoms with Crippen LogP contribution in [0.25, 0.3) is 0 Å². The van der Waals surface area contributed by atoms with Crippen LogP contribution in [-0.4, -0.2) is 39.2 Å². The van der Waals surface area contributed by atoms with Gasteiger partial charge in [0.05, 0.1) is 6.04 Å². The van der Waals surface area contributed by atoms with Crippen LogP contribution in [0.4, 0.5) is 10.1 Å². The molecule has 0 spiro atoms. The number of hydrogen-bond acceptors (Lipinski definition) is 4. The van der Waals surface area contributed by atoms with Gasteiger partial charge in [-0.3, -0.25) is 9.59 Å². The maximum atomic E-state index is 13.1. The van der Waals surface area contributed by atoms with E-state index in [4.69, 9.17) is 0 Å². The number of hydrogen-bond donors (Lipinski definition) is 1. The highest BCUT2D eigenvalue weighted by Gasteiger charge is 2.33. The summed E-state index contributed by atoms with van der Waals surface area (Å²) >= 11 is 0. The maximum absolute atomic E-state index is 13.1. The summed E-state index contributed by atoms with van der Waals surface area (Å²) < 4.78 is 15.0. The molecule has 26 heavy (non-hydrogen) atoms. The second-order valence-corrected chi connectivity index (χ2v) is 6.76. The van der Waals surface area contributed by atoms with E-state index < -0.39 is 0 Å². The predicted molar refractivity (Wildman–Crippen MR) is 92.2 cm³/mol. The summed E-state index contributed by atoms with van der Waals surface area (Å²) in [5, 5.41) is 11.1. The van der Waals surface area contributed by atoms with Gasteiger partial charge in [-0.15, -0.1) is 10.2 Å². The molecular formula is C18H20FN5O2. The van der Waals surface area contributed by atoms with Crippen molar-refractivity contribution in [3.05, 3.63) is 41.7 Å². The number of aromatic nitrogens is 3. The molecular weight excluding hydrogens is 337 g/mol. The summed E-state index contributed by atoms with van der Waals surface area (Å²) in [6, 6.07) is 5.46. The molecule has 2 amide bonds. The zero-order valence-corrected chi connectivity index (χ0v) is 14.3. The number of amides is 2. The molecule has 1 N–H and O–H groups in total. The van der Waals surface area contributed by atoms with Crippen molar-refractivity contribution in [3.8, 4) is 0 Å². The van der Waals surface area contributed by atoms with Crippen molar-refractivity contribution in [2.75, 3.05) is 11.4 Å². The van der Waals surface area contributed by atoms with Gasteiger partial charge in [0.25, 0.3) is 5.91 Å². The Morgan fingerprint density at radius 1 is 1.15 bits per heavy atom. The van der Waals surface area contributed by atoms with Crippen molar-refractivity contribution < 1.29 is 14.0 Å². The fraction of sp³-hybridized carbons (Fsp3) is 0.444. The largest absolute Gasteiger partial charge is 0.344 e. The van der Waals surface area contributed by atoms with Crippen LogP contribution in [-0.2, 0) is 17.8 Å². The minimum atomic E-state index is -0.349. The summed E-state index contributed by atoms with van der Waals surface area (Å²) in [4.78, 5) is 26.5. The Morgan fingerprint density at radius 3 is 2.77 bits per heavy atom. The molecule has 2 aromatic rings. The molecule has 8 heteroatoms. The number of carbonyl (C=O) groups is 2. The van der Waals surface area contributed by atoms with Crippen molar-refractivity contribution in [2.24, 2.45) is 0 Å². The fourth-order valence-corrected chi connectivity index (χ4v) is 3.58. The van der Waals surface area contributed by atoms with Crippen LogP contribution in [0.3, 0.4) is 0 Å². The zero-order valence-electron chi connectivity index (χ0n) is 14.3. The third kappa shape index (κ3) is 3.18. The first-order valence-corrected chi connectivity index (χ1v) is 8.90. The number of fused-ring (bicyclic) bond motifs is 1. The number of nitrogens with zero attached hydrogens (tertiary/aromatic N) is 4. The standard InChI is InChI=1S/C18H20FN5O2/c19-12-5-7-14(8-6-12)24-11-13(10-16(24)25)20-18(26)17-22-21-15-4-2-1-3-9-23(15)17/h5-8,13H,1-4,9-11H2,(H,20,26). The summed E-state index contributed by atoms with van der Waals surface area (Å²) in [5.74, 6) is 0.418. The molecule has 1 fully saturated rings. The van der Waals surface area contributed by atoms with E-state index in [0.29, 0.717) is 18.1 Å². The lowest BCUT2D eigenvalue weighted by Crippen LogP contribution is -2.38. The molecule has 3 heterocycles. The van der Waals surface area contributed by atoms with Crippen molar-refractivity contribution >= 4 is 17.5 Å². The normalized spacial score (nSPS) is 20.0. The van der Waals surface area contributed by atoms with Crippen LogP contribution in [0, 0.1) is 5.82 Å². The average Bonchev–Trinajstić information content (AvgIpc) is 3.11. The number of nitrogens with one attached hydrogen (secondary N) is 1. The molecule has 4 rings (SSSR count). The van der Waals surface area contributed by atoms with E-state index in [2.05, 4.69) is 15.5 Å². The maximum Gasteiger partial charge on any atom is 0.289 e. The number of aryl methyl sites for hydroxylation is 1. The van der Waals surface area contributed by atoms with Gasteiger partial charge in [0.15, 0.2) is 0 Å². The summed E-state index contributed by atoms with van der Waals surface area (Å²) in [7, 11) is 0. The molecule has 7 nitrogen and oxygen atoms in total. The van der Waals surface area contributed by atoms with E-state index >= 15 is 0 Å². The minimum Gasteiger partial charge on any atom is -0.344 e. The van der Waals surface area contributed by atoms with Gasteiger partial charge in [-0.25, -0.2) is 4.39 Å². The van der Waals surface area contributed by atoms with Crippen molar-refractivity contribution in [2.45, 2.75) is 44.7 Å². The number of halogens is 1. The molecule has 1 aromatic carbocycles. The lowest BCUT2D eigenvalue weighted by atomic mass is 10.2. The quantitative estimate of drug-likeness (QED) is 0.906. The van der Waals surface area contributed by atoms with Gasteiger partial charge in [0.2, 0.25) is 11.7 Å². The minimum absolute atomic E-state index is 0.0954. The number of benzene rings is 1. The third-order valence-electron chi connectivity index (χ3n) is 4.91. The van der Waals surface area contributed by atoms with Gasteiger partial charge in [0, 0.05) is 31.6 Å². The zero-order chi connectivity index (χ0) is 18.1. The van der Waals surface area contributed by atoms with E-state index in [1.165, 1.54) is 12.1 Å². The van der Waals surface area contributed by atoms with Crippen LogP contribution in [0.1, 0.15) is 42.1 Å². The lowest BCUT2D eigenvalue weighted by Gasteiger charge is -2.17. The van der Waals surface area contributed by atoms with E-state index in [1.807, 2.05) is 4.57 Å². The molecule has 1 unspecified atom stereocenters. The van der Waals surface area contributed by atoms with E-state index in [-0.39, 0.29) is 30.1 Å². The molecule has 1 saturated heterocycles. The Hall–Kier alpha value is -2.77. The summed E-state index contributed by atoms with van der Waals surface area (Å²) in [5.41, 5.74) is 0.629. The highest BCUT2D eigenvalue weighted by molar-refractivity contribution is 5.98. The molecule has 0 saturated carbocycles. The van der Waals surface area contributed by atoms with E-state index in [1.54, 1.807) is 17.0 Å². The monoisotopic (exact) mass is 357 g/mol. The molecule has 0 radical (unpaired) electrons. The SMILES string of the molecule is O=C(NC1CC(=O)N(c2ccc(F)cc2)C1)c1nnc2n1CCCCC2. The molecule has 136 valence electrons. The Bertz CT molecular complexity index is 833. The van der Waals surface area contributed by atoms with Crippen molar-refractivity contribution in [1.29, 1.82) is 0 Å². The number of carbonyl (C=O) groups excluding carboxylic acids is 2. The van der Waals surface area contributed by atoms with Crippen LogP contribution in [0.5, 0.6) is 0 Å². The Balaban J connectivity index is 1.45. The topological polar surface area (TPSA) is 80.1 Å². The van der Waals surface area contributed by atoms with Gasteiger partial charge < -0.3 is 14.8 Å². The van der Waals surface area contributed by atoms with E-state index in [0.717, 1.165) is 38.1 Å². The Labute approximate surface area is 150 Å². The van der Waals surface area contributed by atoms with Gasteiger partial charge in [-0.05, 0) is 37.1 Å². The number of anilines is 1. The highest BCUT2D eigenvalue weighted by Crippen LogP contribution is 2.22. The van der Waals surface area contributed by atoms with Crippen LogP contribution in [0.2, 0.25) is 0 Å². The smallest absolute Gasteiger partial charge is 0.289 e. The molecule has 1 atom stereocenters. The first kappa shape index (κ1) is 16.7.